The van der Waals surface area contributed by atoms with Gasteiger partial charge in [0.05, 0.1) is 18.5 Å². The summed E-state index contributed by atoms with van der Waals surface area (Å²) in [4.78, 5) is 14.1. The fourth-order valence-corrected chi connectivity index (χ4v) is 4.28. The van der Waals surface area contributed by atoms with Crippen LogP contribution in [-0.2, 0) is 14.8 Å². The third-order valence-electron chi connectivity index (χ3n) is 5.25. The fourth-order valence-electron chi connectivity index (χ4n) is 3.35. The number of anilines is 2. The van der Waals surface area contributed by atoms with Gasteiger partial charge in [-0.2, -0.15) is 0 Å². The van der Waals surface area contributed by atoms with Crippen LogP contribution in [0.5, 0.6) is 0 Å². The minimum atomic E-state index is -3.40. The standard InChI is InChI=1S/C19H29N3O3S/c1-15-9-12-21(13-10-15)17-5-7-18(8-6-17)22(26(2,24)25)14-11-20-19(23)16-3-4-16/h5-8,15-16H,3-4,9-14H2,1-2H3,(H,20,23). The Morgan fingerprint density at radius 2 is 1.77 bits per heavy atom. The molecule has 7 heteroatoms. The number of nitrogens with one attached hydrogen (secondary N) is 1. The molecule has 1 aromatic rings. The Balaban J connectivity index is 1.63. The number of nitrogens with zero attached hydrogens (tertiary/aromatic N) is 2. The van der Waals surface area contributed by atoms with E-state index in [-0.39, 0.29) is 18.4 Å². The minimum Gasteiger partial charge on any atom is -0.372 e. The summed E-state index contributed by atoms with van der Waals surface area (Å²) in [5, 5.41) is 2.83. The average Bonchev–Trinajstić information content (AvgIpc) is 3.44. The van der Waals surface area contributed by atoms with Gasteiger partial charge in [0.2, 0.25) is 15.9 Å². The number of hydrogen-bond acceptors (Lipinski definition) is 4. The van der Waals surface area contributed by atoms with E-state index in [0.29, 0.717) is 12.2 Å². The van der Waals surface area contributed by atoms with Gasteiger partial charge in [0.25, 0.3) is 0 Å². The Hall–Kier alpha value is -1.76. The molecule has 0 unspecified atom stereocenters. The molecular weight excluding hydrogens is 350 g/mol. The van der Waals surface area contributed by atoms with E-state index >= 15 is 0 Å². The second-order valence-electron chi connectivity index (χ2n) is 7.59. The summed E-state index contributed by atoms with van der Waals surface area (Å²) < 4.78 is 25.7. The molecule has 6 nitrogen and oxygen atoms in total. The van der Waals surface area contributed by atoms with Crippen LogP contribution < -0.4 is 14.5 Å². The van der Waals surface area contributed by atoms with Crippen molar-refractivity contribution in [3.05, 3.63) is 24.3 Å². The van der Waals surface area contributed by atoms with Gasteiger partial charge in [0.15, 0.2) is 0 Å². The summed E-state index contributed by atoms with van der Waals surface area (Å²) in [6.07, 6.45) is 5.47. The SMILES string of the molecule is CC1CCN(c2ccc(N(CCNC(=O)C3CC3)S(C)(=O)=O)cc2)CC1. The molecule has 2 aliphatic rings. The van der Waals surface area contributed by atoms with E-state index in [1.807, 2.05) is 24.3 Å². The highest BCUT2D eigenvalue weighted by atomic mass is 32.2. The van der Waals surface area contributed by atoms with Crippen molar-refractivity contribution >= 4 is 27.3 Å². The summed E-state index contributed by atoms with van der Waals surface area (Å²) in [5.74, 6) is 0.943. The lowest BCUT2D eigenvalue weighted by Crippen LogP contribution is -2.38. The Labute approximate surface area is 156 Å². The largest absolute Gasteiger partial charge is 0.372 e. The Morgan fingerprint density at radius 3 is 2.31 bits per heavy atom. The molecule has 0 atom stereocenters. The van der Waals surface area contributed by atoms with Crippen LogP contribution in [0.1, 0.15) is 32.6 Å². The van der Waals surface area contributed by atoms with Gasteiger partial charge < -0.3 is 10.2 Å². The zero-order valence-electron chi connectivity index (χ0n) is 15.6. The summed E-state index contributed by atoms with van der Waals surface area (Å²) in [6.45, 7) is 4.95. The molecule has 1 saturated heterocycles. The molecule has 1 amide bonds. The third-order valence-corrected chi connectivity index (χ3v) is 6.44. The van der Waals surface area contributed by atoms with Crippen molar-refractivity contribution in [1.82, 2.24) is 5.32 Å². The highest BCUT2D eigenvalue weighted by molar-refractivity contribution is 7.92. The van der Waals surface area contributed by atoms with Gasteiger partial charge in [0.1, 0.15) is 0 Å². The number of sulfonamides is 1. The highest BCUT2D eigenvalue weighted by Gasteiger charge is 2.29. The lowest BCUT2D eigenvalue weighted by molar-refractivity contribution is -0.122. The van der Waals surface area contributed by atoms with E-state index in [0.717, 1.165) is 37.5 Å². The van der Waals surface area contributed by atoms with Crippen LogP contribution >= 0.6 is 0 Å². The van der Waals surface area contributed by atoms with E-state index in [4.69, 9.17) is 0 Å². The molecule has 0 radical (unpaired) electrons. The predicted octanol–water partition coefficient (Wildman–Crippen LogP) is 2.22. The number of carbonyl (C=O) groups is 1. The molecule has 1 heterocycles. The van der Waals surface area contributed by atoms with Gasteiger partial charge >= 0.3 is 0 Å². The first kappa shape index (κ1) is 19.0. The van der Waals surface area contributed by atoms with Gasteiger partial charge in [-0.3, -0.25) is 9.10 Å². The van der Waals surface area contributed by atoms with Crippen molar-refractivity contribution in [2.45, 2.75) is 32.6 Å². The van der Waals surface area contributed by atoms with Gasteiger partial charge in [-0.25, -0.2) is 8.42 Å². The topological polar surface area (TPSA) is 69.7 Å². The van der Waals surface area contributed by atoms with E-state index in [2.05, 4.69) is 17.1 Å². The predicted molar refractivity (Wildman–Crippen MR) is 105 cm³/mol. The maximum Gasteiger partial charge on any atom is 0.232 e. The summed E-state index contributed by atoms with van der Waals surface area (Å²) in [5.41, 5.74) is 1.78. The average molecular weight is 380 g/mol. The van der Waals surface area contributed by atoms with E-state index in [1.54, 1.807) is 0 Å². The van der Waals surface area contributed by atoms with E-state index < -0.39 is 10.0 Å². The number of rotatable bonds is 7. The first-order valence-electron chi connectivity index (χ1n) is 9.45. The Bertz CT molecular complexity index is 721. The van der Waals surface area contributed by atoms with E-state index in [1.165, 1.54) is 23.4 Å². The molecule has 1 aliphatic carbocycles. The number of hydrogen-bond donors (Lipinski definition) is 1. The quantitative estimate of drug-likeness (QED) is 0.789. The molecule has 144 valence electrons. The maximum atomic E-state index is 12.2. The third kappa shape index (κ3) is 4.90. The first-order chi connectivity index (χ1) is 12.3. The van der Waals surface area contributed by atoms with Gasteiger partial charge in [-0.15, -0.1) is 0 Å². The van der Waals surface area contributed by atoms with Gasteiger partial charge in [-0.1, -0.05) is 6.92 Å². The number of benzene rings is 1. The Morgan fingerprint density at radius 1 is 1.15 bits per heavy atom. The summed E-state index contributed by atoms with van der Waals surface area (Å²) >= 11 is 0. The monoisotopic (exact) mass is 379 g/mol. The van der Waals surface area contributed by atoms with Crippen molar-refractivity contribution in [3.8, 4) is 0 Å². The highest BCUT2D eigenvalue weighted by Crippen LogP contribution is 2.29. The van der Waals surface area contributed by atoms with Crippen LogP contribution in [0.2, 0.25) is 0 Å². The van der Waals surface area contributed by atoms with Crippen molar-refractivity contribution < 1.29 is 13.2 Å². The zero-order valence-corrected chi connectivity index (χ0v) is 16.5. The smallest absolute Gasteiger partial charge is 0.232 e. The molecule has 1 N–H and O–H groups in total. The lowest BCUT2D eigenvalue weighted by atomic mass is 9.99. The summed E-state index contributed by atoms with van der Waals surface area (Å²) in [7, 11) is -3.40. The molecule has 0 spiro atoms. The molecule has 3 rings (SSSR count). The number of carbonyl (C=O) groups excluding carboxylic acids is 1. The van der Waals surface area contributed by atoms with Crippen LogP contribution in [0.15, 0.2) is 24.3 Å². The summed E-state index contributed by atoms with van der Waals surface area (Å²) in [6, 6.07) is 7.70. The van der Waals surface area contributed by atoms with Crippen LogP contribution in [0.3, 0.4) is 0 Å². The van der Waals surface area contributed by atoms with Crippen molar-refractivity contribution in [2.24, 2.45) is 11.8 Å². The first-order valence-corrected chi connectivity index (χ1v) is 11.3. The van der Waals surface area contributed by atoms with Crippen LogP contribution in [0, 0.1) is 11.8 Å². The maximum absolute atomic E-state index is 12.2. The molecule has 0 aromatic heterocycles. The number of piperidine rings is 1. The minimum absolute atomic E-state index is 0.0353. The van der Waals surface area contributed by atoms with Crippen LogP contribution in [0.4, 0.5) is 11.4 Å². The Kier molecular flexibility index (Phi) is 5.75. The van der Waals surface area contributed by atoms with Crippen molar-refractivity contribution in [2.75, 3.05) is 41.6 Å². The lowest BCUT2D eigenvalue weighted by Gasteiger charge is -2.32. The molecule has 1 saturated carbocycles. The van der Waals surface area contributed by atoms with Gasteiger partial charge in [-0.05, 0) is 55.9 Å². The zero-order chi connectivity index (χ0) is 18.7. The fraction of sp³-hybridized carbons (Fsp3) is 0.632. The van der Waals surface area contributed by atoms with Crippen molar-refractivity contribution in [3.63, 3.8) is 0 Å². The van der Waals surface area contributed by atoms with E-state index in [9.17, 15) is 13.2 Å². The molecular formula is C19H29N3O3S. The van der Waals surface area contributed by atoms with Crippen molar-refractivity contribution in [1.29, 1.82) is 0 Å². The molecule has 1 aliphatic heterocycles. The second-order valence-corrected chi connectivity index (χ2v) is 9.49. The van der Waals surface area contributed by atoms with Gasteiger partial charge in [0, 0.05) is 31.2 Å². The number of amides is 1. The van der Waals surface area contributed by atoms with Crippen LogP contribution in [-0.4, -0.2) is 46.8 Å². The second kappa shape index (κ2) is 7.86. The molecule has 26 heavy (non-hydrogen) atoms. The van der Waals surface area contributed by atoms with Crippen LogP contribution in [0.25, 0.3) is 0 Å². The normalized spacial score (nSPS) is 18.6. The molecule has 2 fully saturated rings. The molecule has 1 aromatic carbocycles. The molecule has 0 bridgehead atoms.